The summed E-state index contributed by atoms with van der Waals surface area (Å²) in [6.07, 6.45) is 7.38. The van der Waals surface area contributed by atoms with E-state index in [-0.39, 0.29) is 24.0 Å². The van der Waals surface area contributed by atoms with Crippen LogP contribution in [0.4, 0.5) is 0 Å². The van der Waals surface area contributed by atoms with Gasteiger partial charge in [0.05, 0.1) is 6.61 Å². The Balaban J connectivity index is 0.00000420. The van der Waals surface area contributed by atoms with Gasteiger partial charge in [0.15, 0.2) is 5.96 Å². The van der Waals surface area contributed by atoms with Crippen LogP contribution in [0, 0.1) is 5.41 Å². The summed E-state index contributed by atoms with van der Waals surface area (Å²) in [6.45, 7) is 9.03. The molecule has 0 aliphatic heterocycles. The average Bonchev–Trinajstić information content (AvgIpc) is 3.18. The highest BCUT2D eigenvalue weighted by atomic mass is 127. The fourth-order valence-corrected chi connectivity index (χ4v) is 3.94. The van der Waals surface area contributed by atoms with Gasteiger partial charge in [-0.25, -0.2) is 0 Å². The van der Waals surface area contributed by atoms with Crippen molar-refractivity contribution in [1.82, 2.24) is 10.6 Å². The molecule has 0 amide bonds. The quantitative estimate of drug-likeness (QED) is 0.180. The summed E-state index contributed by atoms with van der Waals surface area (Å²) in [4.78, 5) is 4.43. The maximum atomic E-state index is 5.73. The molecule has 5 nitrogen and oxygen atoms in total. The maximum absolute atomic E-state index is 5.73. The van der Waals surface area contributed by atoms with Crippen LogP contribution in [-0.2, 0) is 22.6 Å². The van der Waals surface area contributed by atoms with E-state index in [9.17, 15) is 0 Å². The minimum atomic E-state index is 0. The molecular weight excluding hydrogens is 477 g/mol. The first kappa shape index (κ1) is 26.2. The van der Waals surface area contributed by atoms with Crippen molar-refractivity contribution >= 4 is 29.9 Å². The summed E-state index contributed by atoms with van der Waals surface area (Å²) >= 11 is 0. The van der Waals surface area contributed by atoms with Gasteiger partial charge in [0.2, 0.25) is 0 Å². The van der Waals surface area contributed by atoms with Gasteiger partial charge >= 0.3 is 0 Å². The minimum Gasteiger partial charge on any atom is -0.382 e. The van der Waals surface area contributed by atoms with E-state index in [4.69, 9.17) is 9.47 Å². The molecule has 0 aromatic heterocycles. The van der Waals surface area contributed by atoms with Gasteiger partial charge in [0, 0.05) is 40.0 Å². The number of nitrogens with zero attached hydrogens (tertiary/aromatic N) is 1. The number of rotatable bonds is 12. The van der Waals surface area contributed by atoms with E-state index in [1.54, 1.807) is 0 Å². The van der Waals surface area contributed by atoms with Crippen molar-refractivity contribution < 1.29 is 9.47 Å². The number of nitrogens with one attached hydrogen (secondary N) is 2. The third-order valence-electron chi connectivity index (χ3n) is 5.67. The van der Waals surface area contributed by atoms with E-state index >= 15 is 0 Å². The van der Waals surface area contributed by atoms with Gasteiger partial charge in [0.1, 0.15) is 0 Å². The van der Waals surface area contributed by atoms with Crippen LogP contribution in [0.2, 0.25) is 0 Å². The largest absolute Gasteiger partial charge is 0.382 e. The number of hydrogen-bond donors (Lipinski definition) is 2. The Hall–Kier alpha value is -0.860. The number of halogens is 1. The van der Waals surface area contributed by atoms with Crippen LogP contribution in [0.5, 0.6) is 0 Å². The van der Waals surface area contributed by atoms with Gasteiger partial charge in [-0.3, -0.25) is 4.99 Å². The van der Waals surface area contributed by atoms with Gasteiger partial charge in [-0.05, 0) is 49.1 Å². The van der Waals surface area contributed by atoms with E-state index in [1.165, 1.54) is 36.8 Å². The number of benzene rings is 1. The Morgan fingerprint density at radius 1 is 1.03 bits per heavy atom. The van der Waals surface area contributed by atoms with Crippen molar-refractivity contribution in [2.45, 2.75) is 65.5 Å². The van der Waals surface area contributed by atoms with E-state index in [0.29, 0.717) is 12.0 Å². The highest BCUT2D eigenvalue weighted by Gasteiger charge is 2.33. The SMILES string of the molecule is CCCOCc1ccccc1CNC(=NC)NCC1(CCOCC)CCCC1.I. The Kier molecular flexibility index (Phi) is 13.6. The Morgan fingerprint density at radius 2 is 1.76 bits per heavy atom. The molecule has 166 valence electrons. The molecule has 0 bridgehead atoms. The summed E-state index contributed by atoms with van der Waals surface area (Å²) < 4.78 is 11.4. The van der Waals surface area contributed by atoms with Crippen molar-refractivity contribution in [1.29, 1.82) is 0 Å². The molecular formula is C23H40IN3O2. The molecule has 0 unspecified atom stereocenters. The monoisotopic (exact) mass is 517 g/mol. The standard InChI is InChI=1S/C23H39N3O2.HI/c1-4-15-28-18-21-11-7-6-10-20(21)17-25-22(24-3)26-19-23(12-8-9-13-23)14-16-27-5-2;/h6-7,10-11H,4-5,8-9,12-19H2,1-3H3,(H2,24,25,26);1H. The lowest BCUT2D eigenvalue weighted by molar-refractivity contribution is 0.105. The van der Waals surface area contributed by atoms with Gasteiger partial charge in [0.25, 0.3) is 0 Å². The highest BCUT2D eigenvalue weighted by Crippen LogP contribution is 2.40. The Morgan fingerprint density at radius 3 is 2.41 bits per heavy atom. The molecule has 2 rings (SSSR count). The topological polar surface area (TPSA) is 54.9 Å². The normalized spacial score (nSPS) is 15.8. The summed E-state index contributed by atoms with van der Waals surface area (Å²) in [7, 11) is 1.84. The second kappa shape index (κ2) is 15.0. The summed E-state index contributed by atoms with van der Waals surface area (Å²) in [5.41, 5.74) is 2.84. The van der Waals surface area contributed by atoms with E-state index in [1.807, 2.05) is 7.05 Å². The molecule has 0 atom stereocenters. The smallest absolute Gasteiger partial charge is 0.191 e. The zero-order valence-corrected chi connectivity index (χ0v) is 20.8. The molecule has 0 heterocycles. The van der Waals surface area contributed by atoms with Crippen LogP contribution in [-0.4, -0.2) is 39.4 Å². The predicted molar refractivity (Wildman–Crippen MR) is 132 cm³/mol. The third-order valence-corrected chi connectivity index (χ3v) is 5.67. The lowest BCUT2D eigenvalue weighted by atomic mass is 9.83. The van der Waals surface area contributed by atoms with Gasteiger partial charge in [-0.15, -0.1) is 24.0 Å². The minimum absolute atomic E-state index is 0. The molecule has 0 spiro atoms. The fourth-order valence-electron chi connectivity index (χ4n) is 3.94. The third kappa shape index (κ3) is 9.22. The molecule has 1 aliphatic rings. The predicted octanol–water partition coefficient (Wildman–Crippen LogP) is 4.88. The lowest BCUT2D eigenvalue weighted by Crippen LogP contribution is -2.43. The molecule has 1 aliphatic carbocycles. The van der Waals surface area contributed by atoms with Crippen molar-refractivity contribution in [3.05, 3.63) is 35.4 Å². The highest BCUT2D eigenvalue weighted by molar-refractivity contribution is 14.0. The number of aliphatic imine (C=N–C) groups is 1. The molecule has 1 fully saturated rings. The van der Waals surface area contributed by atoms with Gasteiger partial charge in [-0.1, -0.05) is 44.0 Å². The average molecular weight is 517 g/mol. The lowest BCUT2D eigenvalue weighted by Gasteiger charge is -2.30. The van der Waals surface area contributed by atoms with Crippen LogP contribution in [0.1, 0.15) is 63.5 Å². The summed E-state index contributed by atoms with van der Waals surface area (Å²) in [6, 6.07) is 8.46. The first-order chi connectivity index (χ1) is 13.7. The molecule has 6 heteroatoms. The molecule has 1 aromatic rings. The van der Waals surface area contributed by atoms with Crippen molar-refractivity contribution in [2.24, 2.45) is 10.4 Å². The molecule has 1 saturated carbocycles. The van der Waals surface area contributed by atoms with Crippen LogP contribution < -0.4 is 10.6 Å². The first-order valence-corrected chi connectivity index (χ1v) is 10.9. The molecule has 0 radical (unpaired) electrons. The van der Waals surface area contributed by atoms with E-state index in [2.05, 4.69) is 53.7 Å². The van der Waals surface area contributed by atoms with Gasteiger partial charge in [-0.2, -0.15) is 0 Å². The zero-order valence-electron chi connectivity index (χ0n) is 18.5. The van der Waals surface area contributed by atoms with E-state index in [0.717, 1.165) is 51.7 Å². The summed E-state index contributed by atoms with van der Waals surface area (Å²) in [5, 5.41) is 7.05. The second-order valence-corrected chi connectivity index (χ2v) is 7.75. The Labute approximate surface area is 194 Å². The van der Waals surface area contributed by atoms with Crippen LogP contribution in [0.3, 0.4) is 0 Å². The van der Waals surface area contributed by atoms with Crippen molar-refractivity contribution in [2.75, 3.05) is 33.4 Å². The zero-order chi connectivity index (χ0) is 20.1. The van der Waals surface area contributed by atoms with Crippen LogP contribution >= 0.6 is 24.0 Å². The number of guanidine groups is 1. The maximum Gasteiger partial charge on any atom is 0.191 e. The Bertz CT molecular complexity index is 589. The second-order valence-electron chi connectivity index (χ2n) is 7.75. The number of hydrogen-bond acceptors (Lipinski definition) is 3. The fraction of sp³-hybridized carbons (Fsp3) is 0.696. The number of ether oxygens (including phenoxy) is 2. The van der Waals surface area contributed by atoms with Crippen LogP contribution in [0.15, 0.2) is 29.3 Å². The van der Waals surface area contributed by atoms with E-state index < -0.39 is 0 Å². The van der Waals surface area contributed by atoms with Crippen molar-refractivity contribution in [3.63, 3.8) is 0 Å². The first-order valence-electron chi connectivity index (χ1n) is 10.9. The van der Waals surface area contributed by atoms with Gasteiger partial charge < -0.3 is 20.1 Å². The molecule has 1 aromatic carbocycles. The summed E-state index contributed by atoms with van der Waals surface area (Å²) in [5.74, 6) is 0.868. The molecule has 2 N–H and O–H groups in total. The van der Waals surface area contributed by atoms with Crippen LogP contribution in [0.25, 0.3) is 0 Å². The molecule has 29 heavy (non-hydrogen) atoms. The molecule has 0 saturated heterocycles. The van der Waals surface area contributed by atoms with Crippen molar-refractivity contribution in [3.8, 4) is 0 Å².